The zero-order chi connectivity index (χ0) is 27.0. The molecule has 1 fully saturated rings. The number of nitrogen functional groups attached to an aromatic ring is 1. The number of rotatable bonds is 8. The molecule has 3 aromatic rings. The highest BCUT2D eigenvalue weighted by Crippen LogP contribution is 2.40. The summed E-state index contributed by atoms with van der Waals surface area (Å²) in [5, 5.41) is 21.4. The number of hydrogen-bond donors (Lipinski definition) is 3. The van der Waals surface area contributed by atoms with Crippen LogP contribution in [0.5, 0.6) is 0 Å². The number of nitrogens with two attached hydrogens (primary N) is 1. The number of carboxylic acids is 1. The molecule has 5 heterocycles. The minimum Gasteiger partial charge on any atom is -0.477 e. The van der Waals surface area contributed by atoms with E-state index in [9.17, 15) is 19.5 Å². The number of anilines is 1. The minimum absolute atomic E-state index is 0.0901. The lowest BCUT2D eigenvalue weighted by Gasteiger charge is -2.49. The van der Waals surface area contributed by atoms with E-state index in [-0.39, 0.29) is 28.8 Å². The van der Waals surface area contributed by atoms with Gasteiger partial charge in [0.2, 0.25) is 11.7 Å². The van der Waals surface area contributed by atoms with E-state index >= 15 is 0 Å². The van der Waals surface area contributed by atoms with Gasteiger partial charge in [-0.3, -0.25) is 14.5 Å². The molecule has 0 aliphatic carbocycles. The molecule has 0 radical (unpaired) electrons. The quantitative estimate of drug-likeness (QED) is 0.148. The molecule has 38 heavy (non-hydrogen) atoms. The van der Waals surface area contributed by atoms with Crippen LogP contribution in [-0.2, 0) is 25.8 Å². The monoisotopic (exact) mass is 557 g/mol. The third-order valence-electron chi connectivity index (χ3n) is 5.75. The highest BCUT2D eigenvalue weighted by atomic mass is 32.2. The minimum atomic E-state index is -1.22. The van der Waals surface area contributed by atoms with Gasteiger partial charge in [-0.2, -0.15) is 4.98 Å². The molecule has 2 amide bonds. The topological polar surface area (TPSA) is 190 Å². The second-order valence-electron chi connectivity index (χ2n) is 8.21. The van der Waals surface area contributed by atoms with Crippen molar-refractivity contribution >= 4 is 51.7 Å². The van der Waals surface area contributed by atoms with Crippen LogP contribution in [0.3, 0.4) is 0 Å². The fraction of sp³-hybridized carbons (Fsp3) is 0.273. The van der Waals surface area contributed by atoms with Crippen LogP contribution in [0.2, 0.25) is 0 Å². The molecule has 2 aliphatic heterocycles. The number of β-lactam (4-membered cyclic amide) rings is 1. The van der Waals surface area contributed by atoms with E-state index in [4.69, 9.17) is 15.1 Å². The normalized spacial score (nSPS) is 19.2. The molecular weight excluding hydrogens is 536 g/mol. The maximum Gasteiger partial charge on any atom is 0.352 e. The van der Waals surface area contributed by atoms with Crippen molar-refractivity contribution in [3.63, 3.8) is 0 Å². The number of pyridine rings is 1. The Morgan fingerprint density at radius 3 is 2.74 bits per heavy atom. The Bertz CT molecular complexity index is 1480. The summed E-state index contributed by atoms with van der Waals surface area (Å²) in [5.74, 6) is -1.19. The van der Waals surface area contributed by atoms with Crippen LogP contribution in [-0.4, -0.2) is 72.9 Å². The van der Waals surface area contributed by atoms with Gasteiger partial charge in [0.05, 0.1) is 0 Å². The standard InChI is InChI=1S/C22H20N8O6S2/c1-10-24-17(28-36-10)11-3-5-29(6-4-11)7-12-8-37-20-15(19(32)30(20)16(12)21(33)34)26-18(31)14(27-35-2)13-9-38-22(23)25-13/h3-6,9,15,20H,7-8H2,1-2H3,(H3-,23,25,26,31,33,34)/p+1/b27-14-/t15-,20+/m1/s1. The van der Waals surface area contributed by atoms with Crippen molar-refractivity contribution in [3.05, 3.63) is 52.8 Å². The number of amides is 2. The zero-order valence-electron chi connectivity index (χ0n) is 20.0. The first-order chi connectivity index (χ1) is 18.3. The van der Waals surface area contributed by atoms with Gasteiger partial charge in [-0.1, -0.05) is 10.3 Å². The van der Waals surface area contributed by atoms with E-state index in [0.717, 1.165) is 16.9 Å². The second-order valence-corrected chi connectivity index (χ2v) is 10.2. The van der Waals surface area contributed by atoms with Gasteiger partial charge < -0.3 is 25.5 Å². The van der Waals surface area contributed by atoms with Crippen LogP contribution in [0.4, 0.5) is 5.13 Å². The van der Waals surface area contributed by atoms with E-state index in [2.05, 4.69) is 25.6 Å². The second kappa shape index (κ2) is 10.2. The summed E-state index contributed by atoms with van der Waals surface area (Å²) >= 11 is 2.49. The molecule has 14 nitrogen and oxygen atoms in total. The molecule has 3 aromatic heterocycles. The Morgan fingerprint density at radius 1 is 1.37 bits per heavy atom. The van der Waals surface area contributed by atoms with Crippen molar-refractivity contribution in [2.75, 3.05) is 18.6 Å². The molecule has 0 bridgehead atoms. The number of carbonyl (C=O) groups excluding carboxylic acids is 2. The summed E-state index contributed by atoms with van der Waals surface area (Å²) in [6.45, 7) is 1.95. The number of aliphatic carboxylic acids is 1. The third kappa shape index (κ3) is 4.70. The number of hydrogen-bond acceptors (Lipinski definition) is 12. The average molecular weight is 558 g/mol. The van der Waals surface area contributed by atoms with Crippen molar-refractivity contribution < 1.29 is 33.4 Å². The molecule has 2 atom stereocenters. The van der Waals surface area contributed by atoms with Crippen LogP contribution in [0.1, 0.15) is 11.6 Å². The largest absolute Gasteiger partial charge is 0.477 e. The van der Waals surface area contributed by atoms with Gasteiger partial charge in [-0.25, -0.2) is 14.3 Å². The Balaban J connectivity index is 1.32. The van der Waals surface area contributed by atoms with Crippen LogP contribution < -0.4 is 15.6 Å². The maximum atomic E-state index is 13.0. The van der Waals surface area contributed by atoms with Crippen LogP contribution in [0.15, 0.2) is 50.9 Å². The van der Waals surface area contributed by atoms with Gasteiger partial charge in [-0.05, 0) is 0 Å². The smallest absolute Gasteiger partial charge is 0.352 e. The number of carboxylic acid groups (broad SMARTS) is 1. The number of thioether (sulfide) groups is 1. The van der Waals surface area contributed by atoms with E-state index in [1.807, 2.05) is 0 Å². The van der Waals surface area contributed by atoms with Crippen molar-refractivity contribution in [1.29, 1.82) is 0 Å². The lowest BCUT2D eigenvalue weighted by atomic mass is 10.0. The summed E-state index contributed by atoms with van der Waals surface area (Å²) in [6.07, 6.45) is 3.54. The Labute approximate surface area is 223 Å². The Morgan fingerprint density at radius 2 is 2.13 bits per heavy atom. The van der Waals surface area contributed by atoms with E-state index in [0.29, 0.717) is 23.0 Å². The number of aryl methyl sites for hydroxylation is 1. The van der Waals surface area contributed by atoms with Crippen LogP contribution in [0.25, 0.3) is 11.4 Å². The first-order valence-electron chi connectivity index (χ1n) is 11.1. The average Bonchev–Trinajstić information content (AvgIpc) is 3.53. The van der Waals surface area contributed by atoms with E-state index in [1.54, 1.807) is 41.4 Å². The summed E-state index contributed by atoms with van der Waals surface area (Å²) in [5.41, 5.74) is 6.93. The third-order valence-corrected chi connectivity index (χ3v) is 7.76. The highest BCUT2D eigenvalue weighted by molar-refractivity contribution is 8.00. The van der Waals surface area contributed by atoms with E-state index in [1.165, 1.54) is 23.8 Å². The Hall–Kier alpha value is -4.31. The Kier molecular flexibility index (Phi) is 6.81. The summed E-state index contributed by atoms with van der Waals surface area (Å²) in [6, 6.07) is 2.64. The molecule has 0 spiro atoms. The van der Waals surface area contributed by atoms with Gasteiger partial charge in [-0.15, -0.1) is 23.1 Å². The molecule has 2 aliphatic rings. The molecule has 5 rings (SSSR count). The van der Waals surface area contributed by atoms with Crippen molar-refractivity contribution in [2.24, 2.45) is 5.16 Å². The fourth-order valence-electron chi connectivity index (χ4n) is 4.06. The number of nitrogens with zero attached hydrogens (tertiary/aromatic N) is 6. The van der Waals surface area contributed by atoms with Gasteiger partial charge in [0.15, 0.2) is 29.8 Å². The molecule has 196 valence electrons. The summed E-state index contributed by atoms with van der Waals surface area (Å²) in [7, 11) is 1.28. The first-order valence-corrected chi connectivity index (χ1v) is 13.0. The lowest BCUT2D eigenvalue weighted by Crippen LogP contribution is -2.71. The van der Waals surface area contributed by atoms with Gasteiger partial charge in [0, 0.05) is 41.3 Å². The highest BCUT2D eigenvalue weighted by Gasteiger charge is 2.54. The lowest BCUT2D eigenvalue weighted by molar-refractivity contribution is -0.689. The van der Waals surface area contributed by atoms with Crippen LogP contribution in [0, 0.1) is 6.92 Å². The van der Waals surface area contributed by atoms with Gasteiger partial charge in [0.25, 0.3) is 11.8 Å². The van der Waals surface area contributed by atoms with Crippen LogP contribution >= 0.6 is 23.1 Å². The summed E-state index contributed by atoms with van der Waals surface area (Å²) < 4.78 is 6.80. The number of carbonyl (C=O) groups is 3. The number of fused-ring (bicyclic) bond motifs is 1. The number of oxime groups is 1. The predicted octanol–water partition coefficient (Wildman–Crippen LogP) is 0.161. The maximum absolute atomic E-state index is 13.0. The fourth-order valence-corrected chi connectivity index (χ4v) is 5.94. The molecule has 0 aromatic carbocycles. The molecule has 0 saturated carbocycles. The molecular formula is C22H21N8O6S2+. The van der Waals surface area contributed by atoms with E-state index < -0.39 is 29.2 Å². The first kappa shape index (κ1) is 25.3. The molecule has 1 saturated heterocycles. The SMILES string of the molecule is CO/N=C(\C(=O)N[C@@H]1C(=O)N2C(C(=O)O)=C(C[n+]3ccc(-c4noc(C)n4)cc3)CS[C@@H]12)c1csc(N)n1. The number of aromatic nitrogens is 4. The number of thiazole rings is 1. The van der Waals surface area contributed by atoms with Gasteiger partial charge >= 0.3 is 5.97 Å². The summed E-state index contributed by atoms with van der Waals surface area (Å²) in [4.78, 5) is 52.3. The number of nitrogens with one attached hydrogen (secondary N) is 1. The van der Waals surface area contributed by atoms with Crippen molar-refractivity contribution in [1.82, 2.24) is 25.3 Å². The molecule has 16 heteroatoms. The van der Waals surface area contributed by atoms with Crippen molar-refractivity contribution in [3.8, 4) is 11.4 Å². The zero-order valence-corrected chi connectivity index (χ0v) is 21.7. The molecule has 0 unspecified atom stereocenters. The van der Waals surface area contributed by atoms with Gasteiger partial charge in [0.1, 0.15) is 29.9 Å². The predicted molar refractivity (Wildman–Crippen MR) is 134 cm³/mol. The van der Waals surface area contributed by atoms with Crippen molar-refractivity contribution in [2.45, 2.75) is 24.9 Å². The molecule has 4 N–H and O–H groups in total.